The standard InChI is InChI=1S/C20H17N3O3S/c24-19(6-8-23-7-5-13-3-1-2-4-15(13)23)22-20-21-14-11-16-17(12-18(14)27-20)26-10-9-25-16/h1-5,7,11-12H,6,8-10H2,(H,21,22,24). The summed E-state index contributed by atoms with van der Waals surface area (Å²) in [6.07, 6.45) is 2.40. The maximum Gasteiger partial charge on any atom is 0.227 e. The lowest BCUT2D eigenvalue weighted by Gasteiger charge is -2.17. The van der Waals surface area contributed by atoms with E-state index in [2.05, 4.69) is 33.1 Å². The van der Waals surface area contributed by atoms with Crippen LogP contribution in [0.1, 0.15) is 6.42 Å². The molecule has 27 heavy (non-hydrogen) atoms. The SMILES string of the molecule is O=C(CCn1ccc2ccccc21)Nc1nc2cc3c(cc2s1)OCCO3. The lowest BCUT2D eigenvalue weighted by Crippen LogP contribution is -2.15. The van der Waals surface area contributed by atoms with Crippen LogP contribution in [0.3, 0.4) is 0 Å². The minimum absolute atomic E-state index is 0.0518. The molecule has 0 fully saturated rings. The van der Waals surface area contributed by atoms with Crippen LogP contribution >= 0.6 is 11.3 Å². The third kappa shape index (κ3) is 3.10. The number of amides is 1. The van der Waals surface area contributed by atoms with Crippen LogP contribution in [0.25, 0.3) is 21.1 Å². The highest BCUT2D eigenvalue weighted by Crippen LogP contribution is 2.37. The monoisotopic (exact) mass is 379 g/mol. The third-order valence-electron chi connectivity index (χ3n) is 4.56. The molecular weight excluding hydrogens is 362 g/mol. The number of para-hydroxylation sites is 1. The molecule has 136 valence electrons. The molecule has 0 saturated heterocycles. The quantitative estimate of drug-likeness (QED) is 0.581. The predicted molar refractivity (Wildman–Crippen MR) is 106 cm³/mol. The Morgan fingerprint density at radius 3 is 2.85 bits per heavy atom. The van der Waals surface area contributed by atoms with E-state index in [9.17, 15) is 4.79 Å². The summed E-state index contributed by atoms with van der Waals surface area (Å²) < 4.78 is 14.2. The molecular formula is C20H17N3O3S. The maximum atomic E-state index is 12.4. The molecule has 2 aromatic heterocycles. The molecule has 0 radical (unpaired) electrons. The molecule has 0 atom stereocenters. The van der Waals surface area contributed by atoms with Gasteiger partial charge in [-0.25, -0.2) is 4.98 Å². The van der Waals surface area contributed by atoms with Crippen LogP contribution < -0.4 is 14.8 Å². The number of benzene rings is 2. The van der Waals surface area contributed by atoms with Gasteiger partial charge in [0.05, 0.1) is 10.2 Å². The number of fused-ring (bicyclic) bond motifs is 3. The number of hydrogen-bond donors (Lipinski definition) is 1. The Labute approximate surface area is 159 Å². The molecule has 4 aromatic rings. The molecule has 1 aliphatic rings. The summed E-state index contributed by atoms with van der Waals surface area (Å²) in [5.74, 6) is 1.38. The van der Waals surface area contributed by atoms with Crippen molar-refractivity contribution in [3.63, 3.8) is 0 Å². The van der Waals surface area contributed by atoms with Crippen molar-refractivity contribution in [3.05, 3.63) is 48.7 Å². The Bertz CT molecular complexity index is 1110. The Morgan fingerprint density at radius 1 is 1.15 bits per heavy atom. The predicted octanol–water partition coefficient (Wildman–Crippen LogP) is 4.05. The second kappa shape index (κ2) is 6.59. The zero-order valence-electron chi connectivity index (χ0n) is 14.5. The molecule has 5 rings (SSSR count). The zero-order valence-corrected chi connectivity index (χ0v) is 15.3. The fraction of sp³-hybridized carbons (Fsp3) is 0.200. The van der Waals surface area contributed by atoms with Gasteiger partial charge in [0.2, 0.25) is 5.91 Å². The first kappa shape index (κ1) is 16.1. The fourth-order valence-corrected chi connectivity index (χ4v) is 4.15. The van der Waals surface area contributed by atoms with E-state index < -0.39 is 0 Å². The van der Waals surface area contributed by atoms with E-state index in [1.54, 1.807) is 0 Å². The van der Waals surface area contributed by atoms with E-state index in [1.165, 1.54) is 16.7 Å². The number of aromatic nitrogens is 2. The average molecular weight is 379 g/mol. The summed E-state index contributed by atoms with van der Waals surface area (Å²) in [7, 11) is 0. The number of hydrogen-bond acceptors (Lipinski definition) is 5. The highest BCUT2D eigenvalue weighted by Gasteiger charge is 2.16. The van der Waals surface area contributed by atoms with Gasteiger partial charge in [-0.3, -0.25) is 4.79 Å². The van der Waals surface area contributed by atoms with Crippen LogP contribution in [0.5, 0.6) is 11.5 Å². The molecule has 0 spiro atoms. The molecule has 1 aliphatic heterocycles. The van der Waals surface area contributed by atoms with Gasteiger partial charge in [0, 0.05) is 36.8 Å². The highest BCUT2D eigenvalue weighted by atomic mass is 32.1. The molecule has 7 heteroatoms. The number of aryl methyl sites for hydroxylation is 1. The largest absolute Gasteiger partial charge is 0.486 e. The molecule has 6 nitrogen and oxygen atoms in total. The Morgan fingerprint density at radius 2 is 1.96 bits per heavy atom. The van der Waals surface area contributed by atoms with Gasteiger partial charge in [0.15, 0.2) is 16.6 Å². The van der Waals surface area contributed by atoms with Crippen LogP contribution in [0, 0.1) is 0 Å². The first-order valence-corrected chi connectivity index (χ1v) is 9.62. The van der Waals surface area contributed by atoms with Gasteiger partial charge in [-0.2, -0.15) is 0 Å². The molecule has 0 bridgehead atoms. The fourth-order valence-electron chi connectivity index (χ4n) is 3.26. The highest BCUT2D eigenvalue weighted by molar-refractivity contribution is 7.22. The first-order chi connectivity index (χ1) is 13.3. The zero-order chi connectivity index (χ0) is 18.2. The Balaban J connectivity index is 1.29. The molecule has 0 aliphatic carbocycles. The molecule has 1 amide bonds. The van der Waals surface area contributed by atoms with Crippen LogP contribution in [0.15, 0.2) is 48.7 Å². The van der Waals surface area contributed by atoms with E-state index in [0.29, 0.717) is 37.1 Å². The normalized spacial score (nSPS) is 13.2. The molecule has 0 saturated carbocycles. The number of nitrogens with one attached hydrogen (secondary N) is 1. The number of carbonyl (C=O) groups is 1. The van der Waals surface area contributed by atoms with Crippen molar-refractivity contribution < 1.29 is 14.3 Å². The summed E-state index contributed by atoms with van der Waals surface area (Å²) in [5.41, 5.74) is 1.94. The second-order valence-electron chi connectivity index (χ2n) is 6.35. The van der Waals surface area contributed by atoms with Crippen LogP contribution in [-0.4, -0.2) is 28.7 Å². The van der Waals surface area contributed by atoms with Crippen LogP contribution in [0.4, 0.5) is 5.13 Å². The second-order valence-corrected chi connectivity index (χ2v) is 7.38. The van der Waals surface area contributed by atoms with Gasteiger partial charge >= 0.3 is 0 Å². The molecule has 0 unspecified atom stereocenters. The van der Waals surface area contributed by atoms with E-state index in [1.807, 2.05) is 30.5 Å². The molecule has 2 aromatic carbocycles. The summed E-state index contributed by atoms with van der Waals surface area (Å²) >= 11 is 1.44. The van der Waals surface area contributed by atoms with Crippen molar-refractivity contribution >= 4 is 43.5 Å². The summed E-state index contributed by atoms with van der Waals surface area (Å²) in [5, 5.41) is 4.68. The van der Waals surface area contributed by atoms with Gasteiger partial charge in [0.1, 0.15) is 13.2 Å². The van der Waals surface area contributed by atoms with Crippen molar-refractivity contribution in [2.75, 3.05) is 18.5 Å². The minimum Gasteiger partial charge on any atom is -0.486 e. The van der Waals surface area contributed by atoms with Gasteiger partial charge in [-0.1, -0.05) is 29.5 Å². The van der Waals surface area contributed by atoms with Gasteiger partial charge < -0.3 is 19.4 Å². The average Bonchev–Trinajstić information content (AvgIpc) is 3.27. The number of ether oxygens (including phenoxy) is 2. The molecule has 1 N–H and O–H groups in total. The smallest absolute Gasteiger partial charge is 0.227 e. The maximum absolute atomic E-state index is 12.4. The third-order valence-corrected chi connectivity index (χ3v) is 5.49. The number of thiazole rings is 1. The van der Waals surface area contributed by atoms with Gasteiger partial charge in [-0.05, 0) is 17.5 Å². The number of carbonyl (C=O) groups excluding carboxylic acids is 1. The lowest BCUT2D eigenvalue weighted by molar-refractivity contribution is -0.116. The van der Waals surface area contributed by atoms with Crippen LogP contribution in [0.2, 0.25) is 0 Å². The molecule has 3 heterocycles. The number of nitrogens with zero attached hydrogens (tertiary/aromatic N) is 2. The van der Waals surface area contributed by atoms with E-state index in [0.717, 1.165) is 21.5 Å². The van der Waals surface area contributed by atoms with Crippen molar-refractivity contribution in [3.8, 4) is 11.5 Å². The Hall–Kier alpha value is -3.06. The summed E-state index contributed by atoms with van der Waals surface area (Å²) in [6, 6.07) is 14.0. The van der Waals surface area contributed by atoms with Gasteiger partial charge in [-0.15, -0.1) is 0 Å². The Kier molecular flexibility index (Phi) is 3.94. The first-order valence-electron chi connectivity index (χ1n) is 8.80. The summed E-state index contributed by atoms with van der Waals surface area (Å²) in [6.45, 7) is 1.72. The van der Waals surface area contributed by atoms with E-state index in [4.69, 9.17) is 9.47 Å². The number of anilines is 1. The van der Waals surface area contributed by atoms with Crippen molar-refractivity contribution in [2.24, 2.45) is 0 Å². The van der Waals surface area contributed by atoms with Crippen LogP contribution in [-0.2, 0) is 11.3 Å². The van der Waals surface area contributed by atoms with Crippen molar-refractivity contribution in [1.82, 2.24) is 9.55 Å². The van der Waals surface area contributed by atoms with Crippen molar-refractivity contribution in [2.45, 2.75) is 13.0 Å². The lowest BCUT2D eigenvalue weighted by atomic mass is 10.2. The van der Waals surface area contributed by atoms with Gasteiger partial charge in [0.25, 0.3) is 0 Å². The summed E-state index contributed by atoms with van der Waals surface area (Å²) in [4.78, 5) is 16.9. The minimum atomic E-state index is -0.0518. The number of rotatable bonds is 4. The topological polar surface area (TPSA) is 65.4 Å². The van der Waals surface area contributed by atoms with E-state index >= 15 is 0 Å². The van der Waals surface area contributed by atoms with E-state index in [-0.39, 0.29) is 5.91 Å². The van der Waals surface area contributed by atoms with Crippen molar-refractivity contribution in [1.29, 1.82) is 0 Å².